The lowest BCUT2D eigenvalue weighted by Crippen LogP contribution is -2.44. The second-order valence-corrected chi connectivity index (χ2v) is 8.13. The number of aromatic nitrogens is 1. The Morgan fingerprint density at radius 2 is 1.72 bits per heavy atom. The number of fused-ring (bicyclic) bond motifs is 1. The van der Waals surface area contributed by atoms with Crippen molar-refractivity contribution in [2.75, 3.05) is 0 Å². The van der Waals surface area contributed by atoms with Crippen molar-refractivity contribution in [3.05, 3.63) is 34.5 Å². The van der Waals surface area contributed by atoms with Crippen LogP contribution in [0.4, 0.5) is 0 Å². The molecule has 2 aromatic rings. The van der Waals surface area contributed by atoms with E-state index in [9.17, 15) is 24.6 Å². The Hall–Kier alpha value is -2.34. The number of aryl methyl sites for hydroxylation is 1. The molecule has 0 atom stereocenters. The molecule has 0 saturated heterocycles. The third-order valence-corrected chi connectivity index (χ3v) is 6.47. The fourth-order valence-corrected chi connectivity index (χ4v) is 4.85. The summed E-state index contributed by atoms with van der Waals surface area (Å²) >= 11 is 6.18. The molecule has 1 aromatic heterocycles. The highest BCUT2D eigenvalue weighted by molar-refractivity contribution is 6.31. The minimum absolute atomic E-state index is 0.0871. The molecule has 2 N–H and O–H groups in total. The second kappa shape index (κ2) is 8.19. The average molecular weight is 420 g/mol. The Morgan fingerprint density at radius 1 is 1.10 bits per heavy atom. The van der Waals surface area contributed by atoms with Gasteiger partial charge < -0.3 is 14.8 Å². The summed E-state index contributed by atoms with van der Waals surface area (Å²) in [5.74, 6) is -3.30. The Kier molecular flexibility index (Phi) is 6.03. The molecule has 1 saturated carbocycles. The van der Waals surface area contributed by atoms with Gasteiger partial charge in [0.15, 0.2) is 11.2 Å². The van der Waals surface area contributed by atoms with Crippen molar-refractivity contribution in [1.29, 1.82) is 0 Å². The van der Waals surface area contributed by atoms with Gasteiger partial charge in [0.1, 0.15) is 0 Å². The number of ketones is 1. The summed E-state index contributed by atoms with van der Waals surface area (Å²) in [5.41, 5.74) is -1.31. The number of carboxylic acid groups (broad SMARTS) is 2. The molecule has 0 spiro atoms. The van der Waals surface area contributed by atoms with Gasteiger partial charge in [-0.05, 0) is 38.3 Å². The van der Waals surface area contributed by atoms with E-state index in [0.29, 0.717) is 22.5 Å². The highest BCUT2D eigenvalue weighted by atomic mass is 35.5. The van der Waals surface area contributed by atoms with Gasteiger partial charge in [-0.1, -0.05) is 43.9 Å². The summed E-state index contributed by atoms with van der Waals surface area (Å²) in [6.07, 6.45) is 4.27. The number of hydrogen-bond donors (Lipinski definition) is 2. The van der Waals surface area contributed by atoms with E-state index >= 15 is 0 Å². The maximum Gasteiger partial charge on any atom is 0.325 e. The average Bonchev–Trinajstić information content (AvgIpc) is 3.02. The summed E-state index contributed by atoms with van der Waals surface area (Å²) in [5, 5.41) is 21.0. The molecule has 3 rings (SSSR count). The van der Waals surface area contributed by atoms with Gasteiger partial charge in [0.25, 0.3) is 0 Å². The third-order valence-electron chi connectivity index (χ3n) is 6.24. The molecular formula is C22H26ClNO5. The number of carbonyl (C=O) groups excluding carboxylic acids is 1. The number of halogens is 1. The number of carboxylic acids is 2. The van der Waals surface area contributed by atoms with E-state index in [1.165, 1.54) is 6.92 Å². The number of hydrogen-bond acceptors (Lipinski definition) is 3. The van der Waals surface area contributed by atoms with E-state index < -0.39 is 17.4 Å². The second-order valence-electron chi connectivity index (χ2n) is 7.70. The van der Waals surface area contributed by atoms with Gasteiger partial charge in [-0.2, -0.15) is 0 Å². The zero-order valence-electron chi connectivity index (χ0n) is 16.7. The van der Waals surface area contributed by atoms with Crippen molar-refractivity contribution in [2.45, 2.75) is 64.3 Å². The Balaban J connectivity index is 2.42. The van der Waals surface area contributed by atoms with Gasteiger partial charge in [-0.3, -0.25) is 14.4 Å². The summed E-state index contributed by atoms with van der Waals surface area (Å²) in [6.45, 7) is 3.79. The minimum Gasteiger partial charge on any atom is -0.480 e. The van der Waals surface area contributed by atoms with E-state index in [4.69, 9.17) is 11.6 Å². The van der Waals surface area contributed by atoms with Gasteiger partial charge >= 0.3 is 11.9 Å². The molecule has 0 unspecified atom stereocenters. The third kappa shape index (κ3) is 3.33. The van der Waals surface area contributed by atoms with E-state index in [1.54, 1.807) is 22.8 Å². The molecule has 6 nitrogen and oxygen atoms in total. The summed E-state index contributed by atoms with van der Waals surface area (Å²) < 4.78 is 1.74. The summed E-state index contributed by atoms with van der Waals surface area (Å²) in [4.78, 5) is 38.3. The first kappa shape index (κ1) is 21.4. The van der Waals surface area contributed by atoms with Crippen molar-refractivity contribution < 1.29 is 24.6 Å². The Morgan fingerprint density at radius 3 is 2.24 bits per heavy atom. The van der Waals surface area contributed by atoms with Crippen LogP contribution in [0, 0.1) is 5.92 Å². The lowest BCUT2D eigenvalue weighted by molar-refractivity contribution is -0.157. The standard InChI is InChI=1S/C22H26ClNO5/c1-3-22(20(26)27,21(28)29)17-15-11-10-14(23)12-16(15)24(4-2)18(17)19(25)13-8-6-5-7-9-13/h10-13H,3-9H2,1-2H3,(H,26,27)(H,28,29). The first-order valence-corrected chi connectivity index (χ1v) is 10.5. The predicted molar refractivity (Wildman–Crippen MR) is 111 cm³/mol. The lowest BCUT2D eigenvalue weighted by atomic mass is 9.74. The van der Waals surface area contributed by atoms with Crippen molar-refractivity contribution >= 4 is 40.2 Å². The monoisotopic (exact) mass is 419 g/mol. The molecule has 1 fully saturated rings. The first-order chi connectivity index (χ1) is 13.8. The number of aliphatic carboxylic acids is 2. The smallest absolute Gasteiger partial charge is 0.325 e. The zero-order valence-corrected chi connectivity index (χ0v) is 17.5. The number of carbonyl (C=O) groups is 3. The van der Waals surface area contributed by atoms with Crippen LogP contribution in [0.25, 0.3) is 10.9 Å². The Bertz CT molecular complexity index is 957. The highest BCUT2D eigenvalue weighted by Crippen LogP contribution is 2.42. The SMILES string of the molecule is CCn1c(C(=O)C2CCCCC2)c(C(CC)(C(=O)O)C(=O)O)c2ccc(Cl)cc21. The van der Waals surface area contributed by atoms with E-state index in [0.717, 1.165) is 32.1 Å². The maximum atomic E-state index is 13.6. The first-order valence-electron chi connectivity index (χ1n) is 10.1. The van der Waals surface area contributed by atoms with Gasteiger partial charge in [-0.25, -0.2) is 0 Å². The number of rotatable bonds is 7. The minimum atomic E-state index is -2.20. The van der Waals surface area contributed by atoms with Crippen LogP contribution in [-0.4, -0.2) is 32.5 Å². The summed E-state index contributed by atoms with van der Waals surface area (Å²) in [6, 6.07) is 4.91. The van der Waals surface area contributed by atoms with E-state index in [2.05, 4.69) is 0 Å². The molecule has 1 heterocycles. The molecule has 7 heteroatoms. The van der Waals surface area contributed by atoms with E-state index in [1.807, 2.05) is 6.92 Å². The number of Topliss-reactive ketones (excluding diaryl/α,β-unsaturated/α-hetero) is 1. The van der Waals surface area contributed by atoms with E-state index in [-0.39, 0.29) is 29.4 Å². The molecule has 29 heavy (non-hydrogen) atoms. The molecule has 1 aromatic carbocycles. The fraction of sp³-hybridized carbons (Fsp3) is 0.500. The van der Waals surface area contributed by atoms with Crippen molar-refractivity contribution in [2.24, 2.45) is 5.92 Å². The lowest BCUT2D eigenvalue weighted by Gasteiger charge is -2.27. The molecule has 0 bridgehead atoms. The normalized spacial score (nSPS) is 15.6. The van der Waals surface area contributed by atoms with Crippen LogP contribution < -0.4 is 0 Å². The molecule has 0 amide bonds. The van der Waals surface area contributed by atoms with Crippen LogP contribution in [0.5, 0.6) is 0 Å². The fourth-order valence-electron chi connectivity index (χ4n) is 4.68. The molecule has 1 aliphatic rings. The maximum absolute atomic E-state index is 13.6. The molecule has 0 radical (unpaired) electrons. The molecule has 0 aliphatic heterocycles. The topological polar surface area (TPSA) is 96.6 Å². The van der Waals surface area contributed by atoms with Crippen molar-refractivity contribution in [3.63, 3.8) is 0 Å². The van der Waals surface area contributed by atoms with Crippen molar-refractivity contribution in [1.82, 2.24) is 4.57 Å². The van der Waals surface area contributed by atoms with Gasteiger partial charge in [-0.15, -0.1) is 0 Å². The van der Waals surface area contributed by atoms with Gasteiger partial charge in [0.2, 0.25) is 0 Å². The molecular weight excluding hydrogens is 394 g/mol. The zero-order chi connectivity index (χ0) is 21.3. The summed E-state index contributed by atoms with van der Waals surface area (Å²) in [7, 11) is 0. The number of nitrogens with zero attached hydrogens (tertiary/aromatic N) is 1. The highest BCUT2D eigenvalue weighted by Gasteiger charge is 2.51. The Labute approximate surface area is 174 Å². The molecule has 1 aliphatic carbocycles. The van der Waals surface area contributed by atoms with Gasteiger partial charge in [0.05, 0.1) is 11.2 Å². The van der Waals surface area contributed by atoms with Crippen LogP contribution in [0.2, 0.25) is 5.02 Å². The molecule has 156 valence electrons. The van der Waals surface area contributed by atoms with Crippen molar-refractivity contribution in [3.8, 4) is 0 Å². The van der Waals surface area contributed by atoms with Crippen LogP contribution in [-0.2, 0) is 21.5 Å². The van der Waals surface area contributed by atoms with Gasteiger partial charge in [0, 0.05) is 28.4 Å². The quantitative estimate of drug-likeness (QED) is 0.491. The predicted octanol–water partition coefficient (Wildman–Crippen LogP) is 4.89. The van der Waals surface area contributed by atoms with Crippen LogP contribution in [0.15, 0.2) is 18.2 Å². The van der Waals surface area contributed by atoms with Crippen LogP contribution >= 0.6 is 11.6 Å². The largest absolute Gasteiger partial charge is 0.480 e. The van der Waals surface area contributed by atoms with Crippen LogP contribution in [0.3, 0.4) is 0 Å². The van der Waals surface area contributed by atoms with Crippen LogP contribution in [0.1, 0.15) is 68.4 Å². The number of benzene rings is 1.